The van der Waals surface area contributed by atoms with Gasteiger partial charge in [0.2, 0.25) is 10.0 Å². The summed E-state index contributed by atoms with van der Waals surface area (Å²) in [6.07, 6.45) is 3.19. The van der Waals surface area contributed by atoms with Gasteiger partial charge in [0.1, 0.15) is 0 Å². The van der Waals surface area contributed by atoms with Gasteiger partial charge >= 0.3 is 0 Å². The van der Waals surface area contributed by atoms with Crippen LogP contribution in [-0.4, -0.2) is 51.3 Å². The van der Waals surface area contributed by atoms with E-state index >= 15 is 0 Å². The molecule has 1 aliphatic rings. The van der Waals surface area contributed by atoms with E-state index in [2.05, 4.69) is 9.62 Å². The fraction of sp³-hybridized carbons (Fsp3) is 1.00. The largest absolute Gasteiger partial charge is 0.329 e. The molecule has 6 heteroatoms. The lowest BCUT2D eigenvalue weighted by Gasteiger charge is -2.40. The maximum absolute atomic E-state index is 11.9. The minimum Gasteiger partial charge on any atom is -0.329 e. The van der Waals surface area contributed by atoms with Gasteiger partial charge in [-0.2, -0.15) is 0 Å². The normalized spacial score (nSPS) is 21.6. The van der Waals surface area contributed by atoms with Crippen molar-refractivity contribution in [2.75, 3.05) is 32.4 Å². The first-order valence-corrected chi connectivity index (χ1v) is 7.98. The number of sulfonamides is 1. The van der Waals surface area contributed by atoms with E-state index in [9.17, 15) is 8.42 Å². The van der Waals surface area contributed by atoms with Crippen molar-refractivity contribution >= 4 is 10.0 Å². The number of nitrogens with one attached hydrogen (secondary N) is 1. The van der Waals surface area contributed by atoms with Gasteiger partial charge in [0.25, 0.3) is 0 Å². The Hall–Kier alpha value is -0.170. The molecule has 0 unspecified atom stereocenters. The van der Waals surface area contributed by atoms with Gasteiger partial charge in [-0.15, -0.1) is 0 Å². The summed E-state index contributed by atoms with van der Waals surface area (Å²) in [5.41, 5.74) is 5.36. The third-order valence-electron chi connectivity index (χ3n) is 3.47. The number of nitrogens with two attached hydrogens (primary N) is 1. The van der Waals surface area contributed by atoms with E-state index in [0.717, 1.165) is 32.4 Å². The molecule has 0 bridgehead atoms. The van der Waals surface area contributed by atoms with E-state index in [-0.39, 0.29) is 5.75 Å². The molecule has 0 spiro atoms. The zero-order valence-electron chi connectivity index (χ0n) is 10.9. The Balaban J connectivity index is 2.62. The van der Waals surface area contributed by atoms with Crippen molar-refractivity contribution in [2.24, 2.45) is 5.73 Å². The van der Waals surface area contributed by atoms with Crippen LogP contribution in [0, 0.1) is 0 Å². The van der Waals surface area contributed by atoms with Crippen molar-refractivity contribution in [3.05, 3.63) is 0 Å². The van der Waals surface area contributed by atoms with Gasteiger partial charge in [-0.3, -0.25) is 0 Å². The Labute approximate surface area is 105 Å². The molecule has 5 nitrogen and oxygen atoms in total. The summed E-state index contributed by atoms with van der Waals surface area (Å²) in [6, 6.07) is 0. The van der Waals surface area contributed by atoms with Crippen LogP contribution in [0.5, 0.6) is 0 Å². The van der Waals surface area contributed by atoms with Crippen LogP contribution in [0.4, 0.5) is 0 Å². The first kappa shape index (κ1) is 14.9. The number of hydrogen-bond acceptors (Lipinski definition) is 4. The molecule has 102 valence electrons. The molecule has 3 N–H and O–H groups in total. The van der Waals surface area contributed by atoms with Gasteiger partial charge < -0.3 is 10.6 Å². The van der Waals surface area contributed by atoms with Crippen LogP contribution in [0.25, 0.3) is 0 Å². The summed E-state index contributed by atoms with van der Waals surface area (Å²) in [5.74, 6) is 0.209. The Morgan fingerprint density at radius 2 is 1.94 bits per heavy atom. The summed E-state index contributed by atoms with van der Waals surface area (Å²) in [5, 5.41) is 0. The van der Waals surface area contributed by atoms with E-state index in [1.165, 1.54) is 0 Å². The molecule has 0 aliphatic carbocycles. The van der Waals surface area contributed by atoms with E-state index in [4.69, 9.17) is 5.73 Å². The molecule has 0 saturated carbocycles. The van der Waals surface area contributed by atoms with Crippen LogP contribution in [-0.2, 0) is 10.0 Å². The second kappa shape index (κ2) is 6.13. The van der Waals surface area contributed by atoms with Crippen LogP contribution in [0.3, 0.4) is 0 Å². The van der Waals surface area contributed by atoms with E-state index in [0.29, 0.717) is 13.0 Å². The fourth-order valence-corrected chi connectivity index (χ4v) is 3.83. The van der Waals surface area contributed by atoms with Crippen LogP contribution in [0.2, 0.25) is 0 Å². The van der Waals surface area contributed by atoms with Gasteiger partial charge in [0.15, 0.2) is 0 Å². The average molecular weight is 263 g/mol. The highest BCUT2D eigenvalue weighted by atomic mass is 32.2. The highest BCUT2D eigenvalue weighted by molar-refractivity contribution is 7.89. The molecule has 0 atom stereocenters. The molecule has 1 fully saturated rings. The Morgan fingerprint density at radius 1 is 1.35 bits per heavy atom. The van der Waals surface area contributed by atoms with Crippen molar-refractivity contribution in [2.45, 2.75) is 38.1 Å². The SMILES string of the molecule is CCCCS(=O)(=O)NC1(CN)CCN(C)CC1. The van der Waals surface area contributed by atoms with Crippen molar-refractivity contribution in [1.82, 2.24) is 9.62 Å². The summed E-state index contributed by atoms with van der Waals surface area (Å²) in [6.45, 7) is 4.16. The lowest BCUT2D eigenvalue weighted by molar-refractivity contribution is 0.182. The second-order valence-electron chi connectivity index (χ2n) is 5.06. The number of unbranched alkanes of at least 4 members (excludes halogenated alkanes) is 1. The molecule has 1 rings (SSSR count). The van der Waals surface area contributed by atoms with Crippen LogP contribution < -0.4 is 10.5 Å². The maximum Gasteiger partial charge on any atom is 0.212 e. The number of nitrogens with zero attached hydrogens (tertiary/aromatic N) is 1. The van der Waals surface area contributed by atoms with Crippen molar-refractivity contribution in [1.29, 1.82) is 0 Å². The second-order valence-corrected chi connectivity index (χ2v) is 6.90. The van der Waals surface area contributed by atoms with E-state index < -0.39 is 15.6 Å². The predicted octanol–water partition coefficient (Wildman–Crippen LogP) is 0.129. The van der Waals surface area contributed by atoms with Crippen molar-refractivity contribution in [3.63, 3.8) is 0 Å². The Bertz CT molecular complexity index is 322. The summed E-state index contributed by atoms with van der Waals surface area (Å²) < 4.78 is 26.7. The molecule has 0 aromatic carbocycles. The summed E-state index contributed by atoms with van der Waals surface area (Å²) >= 11 is 0. The molecule has 0 aromatic heterocycles. The highest BCUT2D eigenvalue weighted by Gasteiger charge is 2.35. The van der Waals surface area contributed by atoms with Crippen LogP contribution in [0.15, 0.2) is 0 Å². The van der Waals surface area contributed by atoms with E-state index in [1.807, 2.05) is 14.0 Å². The summed E-state index contributed by atoms with van der Waals surface area (Å²) in [7, 11) is -1.13. The molecule has 0 aromatic rings. The lowest BCUT2D eigenvalue weighted by Crippen LogP contribution is -2.59. The van der Waals surface area contributed by atoms with Gasteiger partial charge in [0.05, 0.1) is 5.75 Å². The molecular formula is C11H25N3O2S. The zero-order valence-corrected chi connectivity index (χ0v) is 11.7. The van der Waals surface area contributed by atoms with Crippen LogP contribution >= 0.6 is 0 Å². The first-order valence-electron chi connectivity index (χ1n) is 6.33. The average Bonchev–Trinajstić information content (AvgIpc) is 2.30. The molecule has 0 radical (unpaired) electrons. The molecule has 17 heavy (non-hydrogen) atoms. The zero-order chi connectivity index (χ0) is 12.9. The molecule has 1 aliphatic heterocycles. The topological polar surface area (TPSA) is 75.4 Å². The quantitative estimate of drug-likeness (QED) is 0.714. The molecular weight excluding hydrogens is 238 g/mol. The number of hydrogen-bond donors (Lipinski definition) is 2. The third kappa shape index (κ3) is 4.54. The van der Waals surface area contributed by atoms with Crippen LogP contribution in [0.1, 0.15) is 32.6 Å². The third-order valence-corrected chi connectivity index (χ3v) is 5.04. The molecule has 1 saturated heterocycles. The predicted molar refractivity (Wildman–Crippen MR) is 70.3 cm³/mol. The lowest BCUT2D eigenvalue weighted by atomic mass is 9.89. The highest BCUT2D eigenvalue weighted by Crippen LogP contribution is 2.21. The fourth-order valence-electron chi connectivity index (χ4n) is 2.11. The minimum absolute atomic E-state index is 0.209. The maximum atomic E-state index is 11.9. The number of rotatable bonds is 6. The number of piperidine rings is 1. The Kier molecular flexibility index (Phi) is 5.37. The number of likely N-dealkylation sites (tertiary alicyclic amines) is 1. The molecule has 0 amide bonds. The minimum atomic E-state index is -3.18. The van der Waals surface area contributed by atoms with Gasteiger partial charge in [-0.1, -0.05) is 13.3 Å². The van der Waals surface area contributed by atoms with Gasteiger partial charge in [-0.05, 0) is 39.4 Å². The molecule has 1 heterocycles. The smallest absolute Gasteiger partial charge is 0.212 e. The monoisotopic (exact) mass is 263 g/mol. The van der Waals surface area contributed by atoms with E-state index in [1.54, 1.807) is 0 Å². The van der Waals surface area contributed by atoms with Gasteiger partial charge in [-0.25, -0.2) is 13.1 Å². The van der Waals surface area contributed by atoms with Gasteiger partial charge in [0, 0.05) is 12.1 Å². The first-order chi connectivity index (χ1) is 7.93. The van der Waals surface area contributed by atoms with Crippen molar-refractivity contribution in [3.8, 4) is 0 Å². The van der Waals surface area contributed by atoms with Crippen molar-refractivity contribution < 1.29 is 8.42 Å². The standard InChI is InChI=1S/C11H25N3O2S/c1-3-4-9-17(15,16)13-11(10-12)5-7-14(2)8-6-11/h13H,3-10,12H2,1-2H3. The Morgan fingerprint density at radius 3 is 2.41 bits per heavy atom. The summed E-state index contributed by atoms with van der Waals surface area (Å²) in [4.78, 5) is 2.20.